The first kappa shape index (κ1) is 17.0. The first-order valence-electron chi connectivity index (χ1n) is 8.13. The number of carboxylic acid groups (broad SMARTS) is 1. The number of aliphatic carboxylic acids is 1. The second-order valence-corrected chi connectivity index (χ2v) is 6.66. The van der Waals surface area contributed by atoms with Crippen LogP contribution in [0.4, 0.5) is 0 Å². The van der Waals surface area contributed by atoms with E-state index in [1.165, 1.54) is 22.3 Å². The number of hydrogen-bond acceptors (Lipinski definition) is 2. The maximum Gasteiger partial charge on any atom is 0.359 e. The largest absolute Gasteiger partial charge is 0.477 e. The number of morpholine rings is 1. The molecule has 1 saturated heterocycles. The molecule has 4 nitrogen and oxygen atoms in total. The van der Waals surface area contributed by atoms with Gasteiger partial charge in [0.2, 0.25) is 0 Å². The van der Waals surface area contributed by atoms with E-state index < -0.39 is 5.97 Å². The molecule has 4 heteroatoms. The molecule has 0 saturated carbocycles. The number of carboxylic acids is 1. The highest BCUT2D eigenvalue weighted by Crippen LogP contribution is 2.20. The lowest BCUT2D eigenvalue weighted by atomic mass is 9.96. The Kier molecular flexibility index (Phi) is 5.59. The summed E-state index contributed by atoms with van der Waals surface area (Å²) in [6.45, 7) is 10.6. The van der Waals surface area contributed by atoms with E-state index in [1.807, 2.05) is 0 Å². The molecule has 1 aliphatic rings. The highest BCUT2D eigenvalue weighted by atomic mass is 16.5. The van der Waals surface area contributed by atoms with Gasteiger partial charge in [-0.15, -0.1) is 0 Å². The van der Waals surface area contributed by atoms with Gasteiger partial charge in [-0.25, -0.2) is 4.79 Å². The molecule has 1 aromatic carbocycles. The van der Waals surface area contributed by atoms with Crippen molar-refractivity contribution in [2.24, 2.45) is 0 Å². The topological polar surface area (TPSA) is 46.5 Å². The summed E-state index contributed by atoms with van der Waals surface area (Å²) in [7, 11) is 0. The van der Waals surface area contributed by atoms with Crippen LogP contribution in [0.3, 0.4) is 0 Å². The summed E-state index contributed by atoms with van der Waals surface area (Å²) in [4.78, 5) is 11.2. The summed E-state index contributed by atoms with van der Waals surface area (Å²) in [5.41, 5.74) is 5.43. The van der Waals surface area contributed by atoms with Crippen LogP contribution < -0.4 is 0 Å². The maximum atomic E-state index is 11.2. The number of nitrogens with zero attached hydrogens (tertiary/aromatic N) is 1. The second kappa shape index (κ2) is 7.25. The lowest BCUT2D eigenvalue weighted by Crippen LogP contribution is -2.57. The van der Waals surface area contributed by atoms with Gasteiger partial charge in [0, 0.05) is 6.42 Å². The van der Waals surface area contributed by atoms with Gasteiger partial charge in [0.25, 0.3) is 0 Å². The number of ether oxygens (including phenoxy) is 1. The zero-order valence-electron chi connectivity index (χ0n) is 14.0. The lowest BCUT2D eigenvalue weighted by Gasteiger charge is -2.40. The Balaban J connectivity index is 2.00. The molecule has 2 rings (SSSR count). The fraction of sp³-hybridized carbons (Fsp3) is 0.611. The fourth-order valence-corrected chi connectivity index (χ4v) is 3.67. The quantitative estimate of drug-likeness (QED) is 0.821. The van der Waals surface area contributed by atoms with Crippen LogP contribution >= 0.6 is 0 Å². The summed E-state index contributed by atoms with van der Waals surface area (Å²) < 4.78 is 6.08. The van der Waals surface area contributed by atoms with Crippen LogP contribution in [-0.2, 0) is 16.0 Å². The molecule has 1 N–H and O–H groups in total. The van der Waals surface area contributed by atoms with Gasteiger partial charge < -0.3 is 14.3 Å². The van der Waals surface area contributed by atoms with E-state index in [0.29, 0.717) is 17.7 Å². The van der Waals surface area contributed by atoms with Crippen molar-refractivity contribution < 1.29 is 19.1 Å². The molecule has 0 amide bonds. The Bertz CT molecular complexity index is 510. The van der Waals surface area contributed by atoms with Crippen LogP contribution in [0.25, 0.3) is 0 Å². The van der Waals surface area contributed by atoms with E-state index in [1.54, 1.807) is 0 Å². The van der Waals surface area contributed by atoms with Crippen molar-refractivity contribution in [2.75, 3.05) is 39.4 Å². The molecular formula is C18H28NO3+. The zero-order chi connectivity index (χ0) is 16.2. The average Bonchev–Trinajstić information content (AvgIpc) is 2.42. The Hall–Kier alpha value is -1.39. The number of quaternary nitrogens is 1. The van der Waals surface area contributed by atoms with Crippen LogP contribution in [0.2, 0.25) is 0 Å². The molecule has 0 radical (unpaired) electrons. The van der Waals surface area contributed by atoms with Crippen molar-refractivity contribution in [1.29, 1.82) is 0 Å². The van der Waals surface area contributed by atoms with Crippen LogP contribution in [0.5, 0.6) is 0 Å². The van der Waals surface area contributed by atoms with Crippen molar-refractivity contribution in [3.05, 3.63) is 34.4 Å². The van der Waals surface area contributed by atoms with Gasteiger partial charge in [-0.05, 0) is 43.9 Å². The van der Waals surface area contributed by atoms with E-state index >= 15 is 0 Å². The van der Waals surface area contributed by atoms with Gasteiger partial charge in [-0.2, -0.15) is 0 Å². The van der Waals surface area contributed by atoms with Gasteiger partial charge in [-0.3, -0.25) is 0 Å². The highest BCUT2D eigenvalue weighted by Gasteiger charge is 2.32. The fourth-order valence-electron chi connectivity index (χ4n) is 3.67. The summed E-state index contributed by atoms with van der Waals surface area (Å²) in [6, 6.07) is 4.47. The van der Waals surface area contributed by atoms with Crippen LogP contribution in [-0.4, -0.2) is 55.0 Å². The van der Waals surface area contributed by atoms with Gasteiger partial charge in [0.15, 0.2) is 6.54 Å². The summed E-state index contributed by atoms with van der Waals surface area (Å²) in [6.07, 6.45) is 2.05. The third-order valence-corrected chi connectivity index (χ3v) is 4.79. The van der Waals surface area contributed by atoms with Crippen molar-refractivity contribution in [2.45, 2.75) is 33.6 Å². The zero-order valence-corrected chi connectivity index (χ0v) is 14.0. The minimum absolute atomic E-state index is 0.217. The summed E-state index contributed by atoms with van der Waals surface area (Å²) in [5, 5.41) is 9.21. The summed E-state index contributed by atoms with van der Waals surface area (Å²) in [5.74, 6) is -0.704. The first-order valence-corrected chi connectivity index (χ1v) is 8.13. The molecule has 0 atom stereocenters. The van der Waals surface area contributed by atoms with Gasteiger partial charge in [0.05, 0.1) is 19.8 Å². The number of rotatable bonds is 6. The van der Waals surface area contributed by atoms with Crippen LogP contribution in [0, 0.1) is 20.8 Å². The SMILES string of the molecule is Cc1cc(C)c(CCC[N+]2(CC(=O)O)CCOCC2)c(C)c1. The third kappa shape index (κ3) is 4.31. The van der Waals surface area contributed by atoms with Crippen LogP contribution in [0.1, 0.15) is 28.7 Å². The van der Waals surface area contributed by atoms with Crippen molar-refractivity contribution in [3.63, 3.8) is 0 Å². The summed E-state index contributed by atoms with van der Waals surface area (Å²) >= 11 is 0. The van der Waals surface area contributed by atoms with Gasteiger partial charge in [-0.1, -0.05) is 17.7 Å². The molecule has 122 valence electrons. The molecule has 0 aliphatic carbocycles. The van der Waals surface area contributed by atoms with Crippen molar-refractivity contribution in [3.8, 4) is 0 Å². The predicted octanol–water partition coefficient (Wildman–Crippen LogP) is 2.48. The van der Waals surface area contributed by atoms with E-state index in [4.69, 9.17) is 4.74 Å². The number of carbonyl (C=O) groups is 1. The lowest BCUT2D eigenvalue weighted by molar-refractivity contribution is -0.928. The van der Waals surface area contributed by atoms with E-state index in [2.05, 4.69) is 32.9 Å². The molecule has 0 spiro atoms. The Labute approximate surface area is 133 Å². The molecule has 0 bridgehead atoms. The minimum Gasteiger partial charge on any atom is -0.477 e. The van der Waals surface area contributed by atoms with Crippen LogP contribution in [0.15, 0.2) is 12.1 Å². The minimum atomic E-state index is -0.704. The molecule has 0 unspecified atom stereocenters. The Morgan fingerprint density at radius 3 is 2.32 bits per heavy atom. The number of aryl methyl sites for hydroxylation is 3. The molecule has 0 aromatic heterocycles. The second-order valence-electron chi connectivity index (χ2n) is 6.66. The molecular weight excluding hydrogens is 278 g/mol. The maximum absolute atomic E-state index is 11.2. The van der Waals surface area contributed by atoms with Crippen molar-refractivity contribution in [1.82, 2.24) is 0 Å². The number of benzene rings is 1. The van der Waals surface area contributed by atoms with Crippen molar-refractivity contribution >= 4 is 5.97 Å². The molecule has 22 heavy (non-hydrogen) atoms. The van der Waals surface area contributed by atoms with E-state index in [-0.39, 0.29) is 6.54 Å². The normalized spacial score (nSPS) is 17.4. The highest BCUT2D eigenvalue weighted by molar-refractivity contribution is 5.67. The van der Waals surface area contributed by atoms with Gasteiger partial charge >= 0.3 is 5.97 Å². The molecule has 1 aliphatic heterocycles. The molecule has 1 heterocycles. The first-order chi connectivity index (χ1) is 10.4. The Morgan fingerprint density at radius 2 is 1.77 bits per heavy atom. The molecule has 1 fully saturated rings. The van der Waals surface area contributed by atoms with E-state index in [9.17, 15) is 9.90 Å². The monoisotopic (exact) mass is 306 g/mol. The Morgan fingerprint density at radius 1 is 1.18 bits per heavy atom. The predicted molar refractivity (Wildman–Crippen MR) is 87.2 cm³/mol. The van der Waals surface area contributed by atoms with Gasteiger partial charge in [0.1, 0.15) is 13.1 Å². The smallest absolute Gasteiger partial charge is 0.359 e. The molecule has 1 aromatic rings. The third-order valence-electron chi connectivity index (χ3n) is 4.79. The average molecular weight is 306 g/mol. The standard InChI is InChI=1S/C18H27NO3/c1-14-11-15(2)17(16(3)12-14)5-4-6-19(13-18(20)21)7-9-22-10-8-19/h11-12H,4-10,13H2,1-3H3/p+1. The van der Waals surface area contributed by atoms with E-state index in [0.717, 1.165) is 32.5 Å². The number of hydrogen-bond donors (Lipinski definition) is 1.